The van der Waals surface area contributed by atoms with Crippen molar-refractivity contribution in [2.75, 3.05) is 6.26 Å². The van der Waals surface area contributed by atoms with E-state index in [0.717, 1.165) is 11.1 Å². The van der Waals surface area contributed by atoms with Crippen molar-refractivity contribution in [2.45, 2.75) is 37.5 Å². The lowest BCUT2D eigenvalue weighted by atomic mass is 9.80. The van der Waals surface area contributed by atoms with Crippen LogP contribution in [0.1, 0.15) is 30.4 Å². The standard InChI is InChI=1S/C20H23NO4S/c1-26(23,24)18-10-5-11-20(18,13-17-9-6-12-21-14-17)19(22)25-15-16-7-3-2-4-8-16/h2-4,6-9,12,14,18H,5,10-11,13,15H2,1H3. The van der Waals surface area contributed by atoms with Crippen LogP contribution in [0.15, 0.2) is 54.9 Å². The van der Waals surface area contributed by atoms with Crippen LogP contribution < -0.4 is 0 Å². The Bertz CT molecular complexity index is 852. The number of benzene rings is 1. The van der Waals surface area contributed by atoms with Crippen LogP contribution in [0.25, 0.3) is 0 Å². The number of sulfone groups is 1. The highest BCUT2D eigenvalue weighted by molar-refractivity contribution is 7.91. The minimum atomic E-state index is -3.38. The molecule has 0 N–H and O–H groups in total. The van der Waals surface area contributed by atoms with E-state index in [1.807, 2.05) is 36.4 Å². The molecule has 2 atom stereocenters. The number of esters is 1. The molecule has 1 fully saturated rings. The van der Waals surface area contributed by atoms with E-state index in [2.05, 4.69) is 4.98 Å². The minimum absolute atomic E-state index is 0.144. The summed E-state index contributed by atoms with van der Waals surface area (Å²) in [6.45, 7) is 0.144. The maximum atomic E-state index is 13.1. The Kier molecular flexibility index (Phi) is 5.41. The van der Waals surface area contributed by atoms with Gasteiger partial charge in [0.15, 0.2) is 9.84 Å². The average molecular weight is 373 g/mol. The number of hydrogen-bond donors (Lipinski definition) is 0. The van der Waals surface area contributed by atoms with E-state index in [4.69, 9.17) is 4.74 Å². The van der Waals surface area contributed by atoms with Crippen LogP contribution in [0.5, 0.6) is 0 Å². The zero-order chi connectivity index (χ0) is 18.6. The highest BCUT2D eigenvalue weighted by Crippen LogP contribution is 2.46. The summed E-state index contributed by atoms with van der Waals surface area (Å²) in [6, 6.07) is 13.1. The van der Waals surface area contributed by atoms with Crippen molar-refractivity contribution >= 4 is 15.8 Å². The second-order valence-corrected chi connectivity index (χ2v) is 9.19. The molecular formula is C20H23NO4S. The number of carbonyl (C=O) groups is 1. The average Bonchev–Trinajstić information content (AvgIpc) is 3.07. The molecule has 1 aromatic carbocycles. The van der Waals surface area contributed by atoms with Crippen molar-refractivity contribution in [3.63, 3.8) is 0 Å². The van der Waals surface area contributed by atoms with Crippen LogP contribution in [0.4, 0.5) is 0 Å². The van der Waals surface area contributed by atoms with Gasteiger partial charge < -0.3 is 4.74 Å². The van der Waals surface area contributed by atoms with Gasteiger partial charge >= 0.3 is 5.97 Å². The van der Waals surface area contributed by atoms with E-state index in [1.54, 1.807) is 18.5 Å². The SMILES string of the molecule is CS(=O)(=O)C1CCCC1(Cc1cccnc1)C(=O)OCc1ccccc1. The second kappa shape index (κ2) is 7.58. The normalized spacial score (nSPS) is 22.9. The van der Waals surface area contributed by atoms with Gasteiger partial charge in [0.2, 0.25) is 0 Å². The third kappa shape index (κ3) is 3.96. The molecular weight excluding hydrogens is 350 g/mol. The van der Waals surface area contributed by atoms with E-state index in [1.165, 1.54) is 6.26 Å². The summed E-state index contributed by atoms with van der Waals surface area (Å²) in [7, 11) is -3.38. The van der Waals surface area contributed by atoms with Crippen LogP contribution in [-0.4, -0.2) is 30.9 Å². The molecule has 0 aliphatic heterocycles. The zero-order valence-electron chi connectivity index (χ0n) is 14.8. The largest absolute Gasteiger partial charge is 0.460 e. The Morgan fingerprint density at radius 2 is 1.92 bits per heavy atom. The molecule has 0 bridgehead atoms. The Labute approximate surface area is 154 Å². The van der Waals surface area contributed by atoms with Gasteiger partial charge in [0.05, 0.1) is 10.7 Å². The van der Waals surface area contributed by atoms with Crippen LogP contribution in [-0.2, 0) is 32.4 Å². The van der Waals surface area contributed by atoms with E-state index >= 15 is 0 Å². The van der Waals surface area contributed by atoms with Gasteiger partial charge in [-0.15, -0.1) is 0 Å². The summed E-state index contributed by atoms with van der Waals surface area (Å²) in [4.78, 5) is 17.2. The van der Waals surface area contributed by atoms with Gasteiger partial charge in [-0.25, -0.2) is 8.42 Å². The fourth-order valence-corrected chi connectivity index (χ4v) is 5.62. The molecule has 1 aliphatic carbocycles. The maximum Gasteiger partial charge on any atom is 0.314 e. The second-order valence-electron chi connectivity index (χ2n) is 6.97. The molecule has 0 spiro atoms. The van der Waals surface area contributed by atoms with Crippen LogP contribution in [0, 0.1) is 5.41 Å². The lowest BCUT2D eigenvalue weighted by molar-refractivity contribution is -0.156. The quantitative estimate of drug-likeness (QED) is 0.728. The van der Waals surface area contributed by atoms with Crippen LogP contribution in [0.3, 0.4) is 0 Å². The Morgan fingerprint density at radius 3 is 2.58 bits per heavy atom. The molecule has 0 saturated heterocycles. The predicted molar refractivity (Wildman–Crippen MR) is 99.1 cm³/mol. The van der Waals surface area contributed by atoms with Crippen molar-refractivity contribution in [3.8, 4) is 0 Å². The van der Waals surface area contributed by atoms with Gasteiger partial charge in [0.25, 0.3) is 0 Å². The maximum absolute atomic E-state index is 13.1. The summed E-state index contributed by atoms with van der Waals surface area (Å²) >= 11 is 0. The summed E-state index contributed by atoms with van der Waals surface area (Å²) in [5.74, 6) is -0.432. The first kappa shape index (κ1) is 18.6. The lowest BCUT2D eigenvalue weighted by Crippen LogP contribution is -2.45. The van der Waals surface area contributed by atoms with Crippen molar-refractivity contribution in [1.29, 1.82) is 0 Å². The first-order valence-electron chi connectivity index (χ1n) is 8.71. The molecule has 2 aromatic rings. The van der Waals surface area contributed by atoms with Gasteiger partial charge in [-0.1, -0.05) is 42.8 Å². The van der Waals surface area contributed by atoms with E-state index in [0.29, 0.717) is 25.7 Å². The molecule has 1 heterocycles. The number of pyridine rings is 1. The van der Waals surface area contributed by atoms with Crippen LogP contribution in [0.2, 0.25) is 0 Å². The van der Waals surface area contributed by atoms with E-state index < -0.39 is 26.5 Å². The Hall–Kier alpha value is -2.21. The Morgan fingerprint density at radius 1 is 1.19 bits per heavy atom. The number of hydrogen-bond acceptors (Lipinski definition) is 5. The number of nitrogens with zero attached hydrogens (tertiary/aromatic N) is 1. The minimum Gasteiger partial charge on any atom is -0.460 e. The molecule has 2 unspecified atom stereocenters. The van der Waals surface area contributed by atoms with Gasteiger partial charge in [-0.3, -0.25) is 9.78 Å². The first-order valence-corrected chi connectivity index (χ1v) is 10.7. The monoisotopic (exact) mass is 373 g/mol. The zero-order valence-corrected chi connectivity index (χ0v) is 15.6. The van der Waals surface area contributed by atoms with Gasteiger partial charge in [-0.05, 0) is 36.5 Å². The van der Waals surface area contributed by atoms with Gasteiger partial charge in [0, 0.05) is 18.6 Å². The highest BCUT2D eigenvalue weighted by Gasteiger charge is 2.54. The fourth-order valence-electron chi connectivity index (χ4n) is 3.91. The smallest absolute Gasteiger partial charge is 0.314 e. The summed E-state index contributed by atoms with van der Waals surface area (Å²) in [5.41, 5.74) is 0.678. The first-order chi connectivity index (χ1) is 12.4. The third-order valence-electron chi connectivity index (χ3n) is 5.08. The Balaban J connectivity index is 1.88. The van der Waals surface area contributed by atoms with E-state index in [9.17, 15) is 13.2 Å². The molecule has 0 amide bonds. The number of aromatic nitrogens is 1. The molecule has 1 aliphatic rings. The molecule has 6 heteroatoms. The summed E-state index contributed by atoms with van der Waals surface area (Å²) in [5, 5.41) is -0.724. The summed E-state index contributed by atoms with van der Waals surface area (Å²) < 4.78 is 30.4. The fraction of sp³-hybridized carbons (Fsp3) is 0.400. The highest BCUT2D eigenvalue weighted by atomic mass is 32.2. The molecule has 1 aromatic heterocycles. The lowest BCUT2D eigenvalue weighted by Gasteiger charge is -2.32. The van der Waals surface area contributed by atoms with Crippen molar-refractivity contribution in [2.24, 2.45) is 5.41 Å². The number of ether oxygens (including phenoxy) is 1. The molecule has 5 nitrogen and oxygen atoms in total. The van der Waals surface area contributed by atoms with Gasteiger partial charge in [-0.2, -0.15) is 0 Å². The van der Waals surface area contributed by atoms with Crippen molar-refractivity contribution in [3.05, 3.63) is 66.0 Å². The number of rotatable bonds is 6. The van der Waals surface area contributed by atoms with Crippen molar-refractivity contribution < 1.29 is 17.9 Å². The molecule has 1 saturated carbocycles. The van der Waals surface area contributed by atoms with Crippen LogP contribution >= 0.6 is 0 Å². The van der Waals surface area contributed by atoms with Crippen molar-refractivity contribution in [1.82, 2.24) is 4.98 Å². The molecule has 26 heavy (non-hydrogen) atoms. The topological polar surface area (TPSA) is 73.3 Å². The summed E-state index contributed by atoms with van der Waals surface area (Å²) in [6.07, 6.45) is 6.57. The molecule has 138 valence electrons. The van der Waals surface area contributed by atoms with E-state index in [-0.39, 0.29) is 6.61 Å². The number of carbonyl (C=O) groups excluding carboxylic acids is 1. The van der Waals surface area contributed by atoms with Gasteiger partial charge in [0.1, 0.15) is 6.61 Å². The third-order valence-corrected chi connectivity index (χ3v) is 6.80. The molecule has 3 rings (SSSR count). The molecule has 0 radical (unpaired) electrons. The predicted octanol–water partition coefficient (Wildman–Crippen LogP) is 2.95.